The maximum atomic E-state index is 13.8. The molecule has 0 unspecified atom stereocenters. The molecule has 0 bridgehead atoms. The molecular weight excluding hydrogens is 584 g/mol. The number of anilines is 2. The molecule has 0 saturated carbocycles. The third-order valence-electron chi connectivity index (χ3n) is 7.48. The van der Waals surface area contributed by atoms with Gasteiger partial charge in [-0.25, -0.2) is 4.79 Å². The van der Waals surface area contributed by atoms with Crippen LogP contribution in [0.3, 0.4) is 0 Å². The summed E-state index contributed by atoms with van der Waals surface area (Å²) in [5.74, 6) is -0.651. The van der Waals surface area contributed by atoms with Gasteiger partial charge in [0, 0.05) is 44.7 Å². The van der Waals surface area contributed by atoms with Crippen LogP contribution in [0.2, 0.25) is 0 Å². The van der Waals surface area contributed by atoms with Gasteiger partial charge >= 0.3 is 18.4 Å². The number of rotatable bonds is 8. The van der Waals surface area contributed by atoms with Gasteiger partial charge in [-0.3, -0.25) is 9.59 Å². The molecule has 1 spiro atoms. The first-order valence-electron chi connectivity index (χ1n) is 13.5. The van der Waals surface area contributed by atoms with E-state index in [0.717, 1.165) is 5.69 Å². The molecule has 2 N–H and O–H groups in total. The quantitative estimate of drug-likeness (QED) is 0.336. The molecule has 9 nitrogen and oxygen atoms in total. The lowest BCUT2D eigenvalue weighted by Crippen LogP contribution is -2.58. The van der Waals surface area contributed by atoms with Crippen LogP contribution in [0.5, 0.6) is 0 Å². The zero-order valence-corrected chi connectivity index (χ0v) is 23.2. The zero-order chi connectivity index (χ0) is 31.4. The fourth-order valence-corrected chi connectivity index (χ4v) is 5.31. The van der Waals surface area contributed by atoms with E-state index in [1.54, 1.807) is 19.2 Å². The zero-order valence-electron chi connectivity index (χ0n) is 23.2. The summed E-state index contributed by atoms with van der Waals surface area (Å²) in [6.45, 7) is 0.757. The van der Waals surface area contributed by atoms with Gasteiger partial charge < -0.3 is 30.1 Å². The van der Waals surface area contributed by atoms with Crippen LogP contribution >= 0.6 is 0 Å². The second-order valence-corrected chi connectivity index (χ2v) is 10.3. The second-order valence-electron chi connectivity index (χ2n) is 10.3. The number of alkyl halides is 6. The van der Waals surface area contributed by atoms with Crippen molar-refractivity contribution in [3.63, 3.8) is 0 Å². The molecule has 0 radical (unpaired) electrons. The van der Waals surface area contributed by atoms with E-state index < -0.39 is 40.7 Å². The average molecular weight is 616 g/mol. The Morgan fingerprint density at radius 1 is 0.953 bits per heavy atom. The van der Waals surface area contributed by atoms with Crippen LogP contribution in [0.4, 0.5) is 42.5 Å². The SMILES string of the molecule is COCCCNC(=O)CN1CN(c2ccccc2)C2(CCN(C(=O)Nc3cc(C(F)(F)F)cc(C(F)(F)F)c3)CC2)C1=O. The number of carbonyl (C=O) groups excluding carboxylic acids is 3. The number of urea groups is 1. The number of hydrogen-bond donors (Lipinski definition) is 2. The molecule has 43 heavy (non-hydrogen) atoms. The van der Waals surface area contributed by atoms with Crippen molar-refractivity contribution >= 4 is 29.2 Å². The summed E-state index contributed by atoms with van der Waals surface area (Å²) in [5, 5.41) is 4.90. The van der Waals surface area contributed by atoms with Gasteiger partial charge in [0.15, 0.2) is 0 Å². The van der Waals surface area contributed by atoms with Gasteiger partial charge in [-0.1, -0.05) is 18.2 Å². The van der Waals surface area contributed by atoms with Gasteiger partial charge in [0.2, 0.25) is 5.91 Å². The molecule has 2 saturated heterocycles. The van der Waals surface area contributed by atoms with Crippen molar-refractivity contribution in [3.8, 4) is 0 Å². The molecule has 2 heterocycles. The monoisotopic (exact) mass is 615 g/mol. The second kappa shape index (κ2) is 12.7. The Hall–Kier alpha value is -4.01. The van der Waals surface area contributed by atoms with Gasteiger partial charge in [0.1, 0.15) is 12.1 Å². The summed E-state index contributed by atoms with van der Waals surface area (Å²) in [5.41, 5.74) is -4.13. The molecule has 0 aliphatic carbocycles. The number of halogens is 6. The summed E-state index contributed by atoms with van der Waals surface area (Å²) < 4.78 is 84.5. The molecule has 2 aliphatic heterocycles. The molecule has 15 heteroatoms. The topological polar surface area (TPSA) is 94.2 Å². The number of nitrogens with zero attached hydrogens (tertiary/aromatic N) is 3. The number of carbonyl (C=O) groups is 3. The van der Waals surface area contributed by atoms with E-state index in [2.05, 4.69) is 10.6 Å². The Morgan fingerprint density at radius 3 is 2.12 bits per heavy atom. The first-order valence-corrected chi connectivity index (χ1v) is 13.5. The molecule has 234 valence electrons. The number of piperidine rings is 1. The molecule has 4 amide bonds. The molecule has 2 fully saturated rings. The maximum absolute atomic E-state index is 13.8. The van der Waals surface area contributed by atoms with Gasteiger partial charge in [-0.2, -0.15) is 26.3 Å². The largest absolute Gasteiger partial charge is 0.416 e. The number of amides is 4. The highest BCUT2D eigenvalue weighted by atomic mass is 19.4. The van der Waals surface area contributed by atoms with E-state index in [4.69, 9.17) is 4.74 Å². The van der Waals surface area contributed by atoms with E-state index in [9.17, 15) is 40.7 Å². The van der Waals surface area contributed by atoms with Crippen molar-refractivity contribution < 1.29 is 45.5 Å². The smallest absolute Gasteiger partial charge is 0.385 e. The minimum Gasteiger partial charge on any atom is -0.385 e. The Balaban J connectivity index is 1.49. The van der Waals surface area contributed by atoms with Crippen LogP contribution in [0.1, 0.15) is 30.4 Å². The number of para-hydroxylation sites is 1. The summed E-state index contributed by atoms with van der Waals surface area (Å²) >= 11 is 0. The molecule has 2 aliphatic rings. The number of likely N-dealkylation sites (tertiary alicyclic amines) is 1. The van der Waals surface area contributed by atoms with Crippen molar-refractivity contribution in [2.24, 2.45) is 0 Å². The van der Waals surface area contributed by atoms with E-state index in [0.29, 0.717) is 31.7 Å². The van der Waals surface area contributed by atoms with Crippen LogP contribution < -0.4 is 15.5 Å². The Kier molecular flexibility index (Phi) is 9.42. The molecule has 0 aromatic heterocycles. The highest BCUT2D eigenvalue weighted by Crippen LogP contribution is 2.40. The average Bonchev–Trinajstić information content (AvgIpc) is 3.21. The van der Waals surface area contributed by atoms with Crippen molar-refractivity contribution in [3.05, 3.63) is 59.7 Å². The summed E-state index contributed by atoms with van der Waals surface area (Å²) in [6.07, 6.45) is -9.28. The lowest BCUT2D eigenvalue weighted by Gasteiger charge is -2.43. The predicted octanol–water partition coefficient (Wildman–Crippen LogP) is 4.55. The fraction of sp³-hybridized carbons (Fsp3) is 0.464. The van der Waals surface area contributed by atoms with Gasteiger partial charge in [-0.15, -0.1) is 0 Å². The van der Waals surface area contributed by atoms with E-state index >= 15 is 0 Å². The Morgan fingerprint density at radius 2 is 1.56 bits per heavy atom. The van der Waals surface area contributed by atoms with Gasteiger partial charge in [-0.05, 0) is 49.6 Å². The summed E-state index contributed by atoms with van der Waals surface area (Å²) in [4.78, 5) is 43.8. The number of ether oxygens (including phenoxy) is 1. The number of nitrogens with one attached hydrogen (secondary N) is 2. The third-order valence-corrected chi connectivity index (χ3v) is 7.48. The van der Waals surface area contributed by atoms with Gasteiger partial charge in [0.25, 0.3) is 5.91 Å². The molecule has 4 rings (SSSR count). The standard InChI is InChI=1S/C28H31F6N5O4/c1-43-13-5-10-35-23(40)17-38-18-39(22-6-3-2-4-7-22)26(24(38)41)8-11-37(12-9-26)25(42)36-21-15-19(27(29,30)31)14-20(16-21)28(32,33)34/h2-4,6-7,14-16H,5,8-13,17-18H2,1H3,(H,35,40)(H,36,42). The van der Waals surface area contributed by atoms with Crippen LogP contribution in [0.25, 0.3) is 0 Å². The van der Waals surface area contributed by atoms with Crippen LogP contribution in [0, 0.1) is 0 Å². The Labute approximate surface area is 243 Å². The van der Waals surface area contributed by atoms with E-state index in [1.807, 2.05) is 23.1 Å². The molecule has 2 aromatic rings. The minimum absolute atomic E-state index is 0.0109. The van der Waals surface area contributed by atoms with Crippen LogP contribution in [-0.2, 0) is 26.7 Å². The maximum Gasteiger partial charge on any atom is 0.416 e. The highest BCUT2D eigenvalue weighted by molar-refractivity contribution is 5.97. The van der Waals surface area contributed by atoms with Crippen LogP contribution in [-0.4, -0.2) is 79.7 Å². The summed E-state index contributed by atoms with van der Waals surface area (Å²) in [6, 6.07) is 8.99. The number of methoxy groups -OCH3 is 1. The number of hydrogen-bond acceptors (Lipinski definition) is 5. The minimum atomic E-state index is -5.06. The third kappa shape index (κ3) is 7.32. The van der Waals surface area contributed by atoms with Gasteiger partial charge in [0.05, 0.1) is 17.8 Å². The lowest BCUT2D eigenvalue weighted by atomic mass is 9.85. The van der Waals surface area contributed by atoms with Crippen molar-refractivity contribution in [2.75, 3.05) is 56.8 Å². The van der Waals surface area contributed by atoms with Crippen molar-refractivity contribution in [1.29, 1.82) is 0 Å². The fourth-order valence-electron chi connectivity index (χ4n) is 5.31. The van der Waals surface area contributed by atoms with Crippen molar-refractivity contribution in [1.82, 2.24) is 15.1 Å². The van der Waals surface area contributed by atoms with Crippen LogP contribution in [0.15, 0.2) is 48.5 Å². The number of benzene rings is 2. The first kappa shape index (κ1) is 31.9. The molecule has 0 atom stereocenters. The molecular formula is C28H31F6N5O4. The van der Waals surface area contributed by atoms with Crippen molar-refractivity contribution in [2.45, 2.75) is 37.2 Å². The lowest BCUT2D eigenvalue weighted by molar-refractivity contribution is -0.143. The normalized spacial score (nSPS) is 17.0. The van der Waals surface area contributed by atoms with E-state index in [1.165, 1.54) is 9.80 Å². The highest BCUT2D eigenvalue weighted by Gasteiger charge is 2.54. The van der Waals surface area contributed by atoms with E-state index in [-0.39, 0.29) is 57.0 Å². The summed E-state index contributed by atoms with van der Waals surface area (Å²) in [7, 11) is 1.55. The Bertz CT molecular complexity index is 1280. The first-order chi connectivity index (χ1) is 20.2. The molecule has 2 aromatic carbocycles. The predicted molar refractivity (Wildman–Crippen MR) is 144 cm³/mol.